The fourth-order valence-corrected chi connectivity index (χ4v) is 2.25. The van der Waals surface area contributed by atoms with E-state index < -0.39 is 23.7 Å². The van der Waals surface area contributed by atoms with E-state index in [-0.39, 0.29) is 16.3 Å². The zero-order valence-electron chi connectivity index (χ0n) is 13.4. The maximum atomic E-state index is 12.6. The predicted octanol–water partition coefficient (Wildman–Crippen LogP) is 3.38. The van der Waals surface area contributed by atoms with Crippen LogP contribution in [0, 0.1) is 0 Å². The molecule has 6 nitrogen and oxygen atoms in total. The standard InChI is InChI=1S/C16H14ClF3N4O2/c1-2-21-15(26)24-23-14(25)10-5-3-9(4-6-10)13-12(17)7-11(8-22-13)16(18,19)20/h3-8H,2H2,1H3,(H,23,25)(H2,21,24,26). The van der Waals surface area contributed by atoms with Crippen molar-refractivity contribution >= 4 is 23.5 Å². The van der Waals surface area contributed by atoms with Gasteiger partial charge >= 0.3 is 12.2 Å². The Balaban J connectivity index is 2.12. The van der Waals surface area contributed by atoms with Gasteiger partial charge in [0.2, 0.25) is 0 Å². The van der Waals surface area contributed by atoms with Gasteiger partial charge in [0.25, 0.3) is 5.91 Å². The highest BCUT2D eigenvalue weighted by atomic mass is 35.5. The number of nitrogens with one attached hydrogen (secondary N) is 3. The molecule has 26 heavy (non-hydrogen) atoms. The molecule has 0 aliphatic rings. The third kappa shape index (κ3) is 4.85. The van der Waals surface area contributed by atoms with Crippen LogP contribution in [0.4, 0.5) is 18.0 Å². The largest absolute Gasteiger partial charge is 0.417 e. The van der Waals surface area contributed by atoms with Gasteiger partial charge in [-0.15, -0.1) is 0 Å². The van der Waals surface area contributed by atoms with Crippen LogP contribution in [0.3, 0.4) is 0 Å². The second kappa shape index (κ2) is 8.05. The maximum absolute atomic E-state index is 12.6. The van der Waals surface area contributed by atoms with Gasteiger partial charge in [-0.05, 0) is 25.1 Å². The number of carbonyl (C=O) groups is 2. The van der Waals surface area contributed by atoms with Crippen molar-refractivity contribution in [1.29, 1.82) is 0 Å². The first-order chi connectivity index (χ1) is 12.2. The molecule has 10 heteroatoms. The molecule has 0 saturated heterocycles. The molecule has 1 aromatic carbocycles. The normalized spacial score (nSPS) is 11.0. The number of urea groups is 1. The Morgan fingerprint density at radius 1 is 1.15 bits per heavy atom. The van der Waals surface area contributed by atoms with Crippen LogP contribution in [-0.4, -0.2) is 23.5 Å². The molecule has 0 unspecified atom stereocenters. The molecule has 1 aromatic heterocycles. The molecular weight excluding hydrogens is 373 g/mol. The number of benzene rings is 1. The van der Waals surface area contributed by atoms with Gasteiger partial charge in [0, 0.05) is 23.9 Å². The first-order valence-electron chi connectivity index (χ1n) is 7.39. The van der Waals surface area contributed by atoms with Crippen LogP contribution in [0.2, 0.25) is 5.02 Å². The Bertz CT molecular complexity index is 810. The van der Waals surface area contributed by atoms with E-state index in [2.05, 4.69) is 21.2 Å². The number of alkyl halides is 3. The number of hydrogen-bond donors (Lipinski definition) is 3. The third-order valence-electron chi connectivity index (χ3n) is 3.22. The summed E-state index contributed by atoms with van der Waals surface area (Å²) in [5, 5.41) is 2.28. The van der Waals surface area contributed by atoms with E-state index in [0.29, 0.717) is 18.3 Å². The number of aromatic nitrogens is 1. The second-order valence-corrected chi connectivity index (χ2v) is 5.48. The number of amides is 3. The number of carbonyl (C=O) groups excluding carboxylic acids is 2. The highest BCUT2D eigenvalue weighted by Crippen LogP contribution is 2.33. The molecule has 2 rings (SSSR count). The van der Waals surface area contributed by atoms with Crippen LogP contribution in [0.25, 0.3) is 11.3 Å². The van der Waals surface area contributed by atoms with E-state index in [1.54, 1.807) is 6.92 Å². The van der Waals surface area contributed by atoms with Gasteiger partial charge in [-0.25, -0.2) is 10.2 Å². The maximum Gasteiger partial charge on any atom is 0.417 e. The molecule has 3 N–H and O–H groups in total. The Morgan fingerprint density at radius 3 is 2.35 bits per heavy atom. The molecule has 0 fully saturated rings. The highest BCUT2D eigenvalue weighted by molar-refractivity contribution is 6.33. The van der Waals surface area contributed by atoms with Crippen LogP contribution in [-0.2, 0) is 6.18 Å². The van der Waals surface area contributed by atoms with Gasteiger partial charge in [-0.2, -0.15) is 13.2 Å². The van der Waals surface area contributed by atoms with Crippen LogP contribution in [0.1, 0.15) is 22.8 Å². The van der Waals surface area contributed by atoms with Gasteiger partial charge in [-0.1, -0.05) is 23.7 Å². The fourth-order valence-electron chi connectivity index (χ4n) is 1.98. The van der Waals surface area contributed by atoms with E-state index >= 15 is 0 Å². The Hall–Kier alpha value is -2.81. The Morgan fingerprint density at radius 2 is 1.81 bits per heavy atom. The lowest BCUT2D eigenvalue weighted by Gasteiger charge is -2.10. The number of hydrazine groups is 1. The molecule has 0 aliphatic heterocycles. The van der Waals surface area contributed by atoms with Crippen molar-refractivity contribution in [3.05, 3.63) is 52.7 Å². The number of nitrogens with zero attached hydrogens (tertiary/aromatic N) is 1. The van der Waals surface area contributed by atoms with Gasteiger partial charge in [-0.3, -0.25) is 15.2 Å². The molecule has 138 valence electrons. The summed E-state index contributed by atoms with van der Waals surface area (Å²) in [7, 11) is 0. The van der Waals surface area contributed by atoms with Crippen molar-refractivity contribution in [1.82, 2.24) is 21.2 Å². The molecule has 0 spiro atoms. The lowest BCUT2D eigenvalue weighted by molar-refractivity contribution is -0.137. The smallest absolute Gasteiger partial charge is 0.337 e. The number of rotatable bonds is 3. The summed E-state index contributed by atoms with van der Waals surface area (Å²) < 4.78 is 37.9. The number of halogens is 4. The Kier molecular flexibility index (Phi) is 6.04. The molecule has 0 radical (unpaired) electrons. The van der Waals surface area contributed by atoms with Crippen molar-refractivity contribution in [2.45, 2.75) is 13.1 Å². The summed E-state index contributed by atoms with van der Waals surface area (Å²) in [5.41, 5.74) is 4.26. The van der Waals surface area contributed by atoms with Gasteiger partial charge in [0.1, 0.15) is 0 Å². The molecule has 0 atom stereocenters. The minimum absolute atomic E-state index is 0.157. The van der Waals surface area contributed by atoms with E-state index in [9.17, 15) is 22.8 Å². The second-order valence-electron chi connectivity index (χ2n) is 5.07. The highest BCUT2D eigenvalue weighted by Gasteiger charge is 2.31. The molecule has 0 saturated carbocycles. The Labute approximate surface area is 151 Å². The van der Waals surface area contributed by atoms with E-state index in [1.807, 2.05) is 0 Å². The van der Waals surface area contributed by atoms with E-state index in [4.69, 9.17) is 11.6 Å². The van der Waals surface area contributed by atoms with Gasteiger partial charge < -0.3 is 5.32 Å². The summed E-state index contributed by atoms with van der Waals surface area (Å²) in [4.78, 5) is 26.9. The van der Waals surface area contributed by atoms with Crippen LogP contribution in [0.5, 0.6) is 0 Å². The fraction of sp³-hybridized carbons (Fsp3) is 0.188. The number of hydrogen-bond acceptors (Lipinski definition) is 3. The van der Waals surface area contributed by atoms with E-state index in [1.165, 1.54) is 24.3 Å². The summed E-state index contributed by atoms with van der Waals surface area (Å²) in [6.07, 6.45) is -3.84. The molecule has 0 bridgehead atoms. The minimum atomic E-state index is -4.53. The summed E-state index contributed by atoms with van der Waals surface area (Å²) >= 11 is 5.89. The average molecular weight is 387 g/mol. The van der Waals surface area contributed by atoms with Crippen molar-refractivity contribution in [2.24, 2.45) is 0 Å². The monoisotopic (exact) mass is 386 g/mol. The molecule has 1 heterocycles. The van der Waals surface area contributed by atoms with Crippen LogP contribution < -0.4 is 16.2 Å². The average Bonchev–Trinajstić information content (AvgIpc) is 2.59. The molecule has 2 aromatic rings. The lowest BCUT2D eigenvalue weighted by atomic mass is 10.1. The first kappa shape index (κ1) is 19.5. The van der Waals surface area contributed by atoms with Gasteiger partial charge in [0.15, 0.2) is 0 Å². The summed E-state index contributed by atoms with van der Waals surface area (Å²) in [6, 6.07) is 6.07. The van der Waals surface area contributed by atoms with Crippen LogP contribution in [0.15, 0.2) is 36.5 Å². The first-order valence-corrected chi connectivity index (χ1v) is 7.77. The minimum Gasteiger partial charge on any atom is -0.337 e. The van der Waals surface area contributed by atoms with Crippen molar-refractivity contribution < 1.29 is 22.8 Å². The van der Waals surface area contributed by atoms with Crippen LogP contribution >= 0.6 is 11.6 Å². The SMILES string of the molecule is CCNC(=O)NNC(=O)c1ccc(-c2ncc(C(F)(F)F)cc2Cl)cc1. The molecule has 3 amide bonds. The topological polar surface area (TPSA) is 83.1 Å². The summed E-state index contributed by atoms with van der Waals surface area (Å²) in [6.45, 7) is 2.12. The third-order valence-corrected chi connectivity index (χ3v) is 3.50. The molecule has 0 aliphatic carbocycles. The lowest BCUT2D eigenvalue weighted by Crippen LogP contribution is -2.46. The molecular formula is C16H14ClF3N4O2. The van der Waals surface area contributed by atoms with Crippen molar-refractivity contribution in [3.63, 3.8) is 0 Å². The van der Waals surface area contributed by atoms with Crippen molar-refractivity contribution in [3.8, 4) is 11.3 Å². The summed E-state index contributed by atoms with van der Waals surface area (Å²) in [5.74, 6) is -0.561. The quantitative estimate of drug-likeness (QED) is 0.707. The van der Waals surface area contributed by atoms with E-state index in [0.717, 1.165) is 6.07 Å². The van der Waals surface area contributed by atoms with Crippen molar-refractivity contribution in [2.75, 3.05) is 6.54 Å². The van der Waals surface area contributed by atoms with Gasteiger partial charge in [0.05, 0.1) is 16.3 Å². The predicted molar refractivity (Wildman–Crippen MR) is 89.4 cm³/mol. The zero-order chi connectivity index (χ0) is 19.3. The zero-order valence-corrected chi connectivity index (χ0v) is 14.2. The number of pyridine rings is 1.